The Bertz CT molecular complexity index is 1140. The maximum Gasteiger partial charge on any atom is 0.331 e. The number of fused-ring (bicyclic) bond motifs is 1. The van der Waals surface area contributed by atoms with Gasteiger partial charge in [-0.1, -0.05) is 30.6 Å². The number of benzene rings is 2. The van der Waals surface area contributed by atoms with Gasteiger partial charge >= 0.3 is 12.0 Å². The lowest BCUT2D eigenvalue weighted by Crippen LogP contribution is -2.45. The van der Waals surface area contributed by atoms with Crippen LogP contribution in [-0.4, -0.2) is 88.1 Å². The van der Waals surface area contributed by atoms with Crippen LogP contribution in [0.1, 0.15) is 30.4 Å². The molecule has 1 fully saturated rings. The molecule has 2 aliphatic rings. The number of carbonyl (C=O) groups is 3. The van der Waals surface area contributed by atoms with Gasteiger partial charge in [-0.25, -0.2) is 9.59 Å². The smallest absolute Gasteiger partial charge is 0.331 e. The third-order valence-electron chi connectivity index (χ3n) is 6.95. The summed E-state index contributed by atoms with van der Waals surface area (Å²) in [6.07, 6.45) is 0.727. The lowest BCUT2D eigenvalue weighted by molar-refractivity contribution is -0.147. The highest BCUT2D eigenvalue weighted by molar-refractivity contribution is 6.32. The van der Waals surface area contributed by atoms with Crippen molar-refractivity contribution in [2.45, 2.75) is 37.8 Å². The fourth-order valence-electron chi connectivity index (χ4n) is 4.95. The average Bonchev–Trinajstić information content (AvgIpc) is 3.26. The topological polar surface area (TPSA) is 100 Å². The summed E-state index contributed by atoms with van der Waals surface area (Å²) in [6, 6.07) is 11.6. The molecule has 0 bridgehead atoms. The number of urea groups is 1. The second-order valence-electron chi connectivity index (χ2n) is 9.78. The molecule has 2 heterocycles. The van der Waals surface area contributed by atoms with Crippen molar-refractivity contribution in [1.82, 2.24) is 9.80 Å². The monoisotopic (exact) mass is 504 g/mol. The predicted octanol–water partition coefficient (Wildman–Crippen LogP) is 1.87. The lowest BCUT2D eigenvalue weighted by atomic mass is 9.94. The van der Waals surface area contributed by atoms with E-state index in [9.17, 15) is 14.4 Å². The SMILES string of the molecule is [B]c1ccc(NC(=O)N2CC(OCC(=O)OC)CC2C(=O)Nc2ccc3c(c2)C(C)CN(C)CC3)cc1. The molecule has 10 heteroatoms. The summed E-state index contributed by atoms with van der Waals surface area (Å²) in [7, 11) is 9.13. The van der Waals surface area contributed by atoms with E-state index in [0.29, 0.717) is 22.8 Å². The summed E-state index contributed by atoms with van der Waals surface area (Å²) < 4.78 is 10.3. The average molecular weight is 504 g/mol. The zero-order valence-corrected chi connectivity index (χ0v) is 21.5. The summed E-state index contributed by atoms with van der Waals surface area (Å²) >= 11 is 0. The van der Waals surface area contributed by atoms with Crippen molar-refractivity contribution in [3.63, 3.8) is 0 Å². The van der Waals surface area contributed by atoms with Gasteiger partial charge in [-0.3, -0.25) is 4.79 Å². The van der Waals surface area contributed by atoms with Crippen LogP contribution in [0.4, 0.5) is 16.2 Å². The quantitative estimate of drug-likeness (QED) is 0.461. The first-order chi connectivity index (χ1) is 17.7. The van der Waals surface area contributed by atoms with E-state index < -0.39 is 24.1 Å². The van der Waals surface area contributed by atoms with Gasteiger partial charge in [0.2, 0.25) is 5.91 Å². The largest absolute Gasteiger partial charge is 0.467 e. The highest BCUT2D eigenvalue weighted by Crippen LogP contribution is 2.29. The zero-order chi connectivity index (χ0) is 26.5. The third kappa shape index (κ3) is 6.70. The van der Waals surface area contributed by atoms with E-state index in [4.69, 9.17) is 12.6 Å². The zero-order valence-electron chi connectivity index (χ0n) is 21.5. The normalized spacial score (nSPS) is 21.6. The number of nitrogens with zero attached hydrogens (tertiary/aromatic N) is 2. The van der Waals surface area contributed by atoms with E-state index in [-0.39, 0.29) is 25.5 Å². The fraction of sp³-hybridized carbons (Fsp3) is 0.444. The molecule has 0 spiro atoms. The van der Waals surface area contributed by atoms with Crippen molar-refractivity contribution in [3.05, 3.63) is 53.6 Å². The van der Waals surface area contributed by atoms with Gasteiger partial charge in [0.1, 0.15) is 20.5 Å². The molecule has 2 radical (unpaired) electrons. The molecule has 0 aliphatic carbocycles. The number of ether oxygens (including phenoxy) is 2. The van der Waals surface area contributed by atoms with Gasteiger partial charge < -0.3 is 29.9 Å². The second-order valence-corrected chi connectivity index (χ2v) is 9.78. The molecule has 4 rings (SSSR count). The van der Waals surface area contributed by atoms with Crippen molar-refractivity contribution in [2.24, 2.45) is 0 Å². The summed E-state index contributed by atoms with van der Waals surface area (Å²) in [5.41, 5.74) is 4.34. The summed E-state index contributed by atoms with van der Waals surface area (Å²) in [6.45, 7) is 4.04. The number of anilines is 2. The van der Waals surface area contributed by atoms with Crippen LogP contribution in [0.3, 0.4) is 0 Å². The van der Waals surface area contributed by atoms with Crippen LogP contribution in [0, 0.1) is 0 Å². The number of hydrogen-bond donors (Lipinski definition) is 2. The van der Waals surface area contributed by atoms with Crippen LogP contribution >= 0.6 is 0 Å². The van der Waals surface area contributed by atoms with Gasteiger partial charge in [0.05, 0.1) is 13.2 Å². The van der Waals surface area contributed by atoms with Crippen molar-refractivity contribution in [1.29, 1.82) is 0 Å². The van der Waals surface area contributed by atoms with Gasteiger partial charge in [0.15, 0.2) is 0 Å². The Balaban J connectivity index is 1.49. The minimum atomic E-state index is -0.779. The minimum absolute atomic E-state index is 0.156. The molecule has 0 aromatic heterocycles. The first-order valence-electron chi connectivity index (χ1n) is 12.5. The Morgan fingerprint density at radius 2 is 1.78 bits per heavy atom. The molecule has 2 N–H and O–H groups in total. The van der Waals surface area contributed by atoms with Gasteiger partial charge in [-0.15, -0.1) is 0 Å². The summed E-state index contributed by atoms with van der Waals surface area (Å²) in [4.78, 5) is 41.9. The molecule has 194 valence electrons. The van der Waals surface area contributed by atoms with Crippen molar-refractivity contribution in [3.8, 4) is 0 Å². The maximum atomic E-state index is 13.4. The maximum absolute atomic E-state index is 13.4. The number of amides is 3. The lowest BCUT2D eigenvalue weighted by Gasteiger charge is -2.24. The van der Waals surface area contributed by atoms with Crippen molar-refractivity contribution >= 4 is 42.6 Å². The van der Waals surface area contributed by atoms with E-state index in [2.05, 4.69) is 40.3 Å². The highest BCUT2D eigenvalue weighted by Gasteiger charge is 2.40. The van der Waals surface area contributed by atoms with Gasteiger partial charge in [-0.2, -0.15) is 0 Å². The molecule has 1 saturated heterocycles. The van der Waals surface area contributed by atoms with Crippen molar-refractivity contribution < 1.29 is 23.9 Å². The molecule has 9 nitrogen and oxygen atoms in total. The van der Waals surface area contributed by atoms with E-state index in [1.807, 2.05) is 12.1 Å². The second kappa shape index (κ2) is 11.8. The first-order valence-corrected chi connectivity index (χ1v) is 12.5. The Morgan fingerprint density at radius 1 is 1.05 bits per heavy atom. The predicted molar refractivity (Wildman–Crippen MR) is 142 cm³/mol. The molecule has 2 aromatic rings. The van der Waals surface area contributed by atoms with E-state index in [1.165, 1.54) is 23.1 Å². The molecule has 3 atom stereocenters. The number of likely N-dealkylation sites (N-methyl/N-ethyl adjacent to an activating group) is 1. The molecule has 3 unspecified atom stereocenters. The van der Waals surface area contributed by atoms with E-state index in [0.717, 1.165) is 19.5 Å². The molecule has 2 aliphatic heterocycles. The van der Waals surface area contributed by atoms with Crippen LogP contribution < -0.4 is 16.1 Å². The molecule has 3 amide bonds. The number of hydrogen-bond acceptors (Lipinski definition) is 6. The van der Waals surface area contributed by atoms with Crippen LogP contribution in [0.15, 0.2) is 42.5 Å². The molecule has 37 heavy (non-hydrogen) atoms. The minimum Gasteiger partial charge on any atom is -0.467 e. The Morgan fingerprint density at radius 3 is 2.51 bits per heavy atom. The van der Waals surface area contributed by atoms with Crippen LogP contribution in [0.25, 0.3) is 0 Å². The summed E-state index contributed by atoms with van der Waals surface area (Å²) in [5.74, 6) is -0.491. The van der Waals surface area contributed by atoms with Crippen molar-refractivity contribution in [2.75, 3.05) is 51.0 Å². The number of esters is 1. The van der Waals surface area contributed by atoms with E-state index >= 15 is 0 Å². The number of rotatable bonds is 6. The Labute approximate surface area is 218 Å². The molecular formula is C27H33BN4O5. The number of nitrogens with one attached hydrogen (secondary N) is 2. The standard InChI is InChI=1S/C27H33BN4O5/c1-17-14-31(2)11-10-18-4-7-21(12-23(17)18)29-26(34)24-13-22(37-16-25(33)36-3)15-32(24)27(35)30-20-8-5-19(28)6-9-20/h4-9,12,17,22,24H,10-11,13-16H2,1-3H3,(H,29,34)(H,30,35). The third-order valence-corrected chi connectivity index (χ3v) is 6.95. The Kier molecular flexibility index (Phi) is 8.50. The number of likely N-dealkylation sites (tertiary alicyclic amines) is 1. The molecular weight excluding hydrogens is 471 g/mol. The van der Waals surface area contributed by atoms with Gasteiger partial charge in [0, 0.05) is 37.4 Å². The van der Waals surface area contributed by atoms with Crippen LogP contribution in [0.2, 0.25) is 0 Å². The van der Waals surface area contributed by atoms with E-state index in [1.54, 1.807) is 24.3 Å². The Hall–Kier alpha value is -3.37. The number of carbonyl (C=O) groups excluding carboxylic acids is 3. The molecule has 2 aromatic carbocycles. The van der Waals surface area contributed by atoms with Crippen LogP contribution in [0.5, 0.6) is 0 Å². The highest BCUT2D eigenvalue weighted by atomic mass is 16.6. The first kappa shape index (κ1) is 26.7. The van der Waals surface area contributed by atoms with Gasteiger partial charge in [-0.05, 0) is 54.8 Å². The van der Waals surface area contributed by atoms with Crippen LogP contribution in [-0.2, 0) is 25.5 Å². The summed E-state index contributed by atoms with van der Waals surface area (Å²) in [5, 5.41) is 5.81. The number of methoxy groups -OCH3 is 1. The fourth-order valence-corrected chi connectivity index (χ4v) is 4.95. The van der Waals surface area contributed by atoms with Gasteiger partial charge in [0.25, 0.3) is 0 Å². The molecule has 0 saturated carbocycles.